The lowest BCUT2D eigenvalue weighted by atomic mass is 9.87. The van der Waals surface area contributed by atoms with Crippen molar-refractivity contribution in [2.75, 3.05) is 4.72 Å². The number of hydrogen-bond acceptors (Lipinski definition) is 5. The number of fused-ring (bicyclic) bond motifs is 1. The Labute approximate surface area is 173 Å². The molecule has 1 heterocycles. The van der Waals surface area contributed by atoms with E-state index in [0.29, 0.717) is 5.69 Å². The number of nitrogens with one attached hydrogen (secondary N) is 2. The van der Waals surface area contributed by atoms with Crippen molar-refractivity contribution < 1.29 is 18.4 Å². The van der Waals surface area contributed by atoms with Crippen molar-refractivity contribution in [3.05, 3.63) is 65.0 Å². The maximum Gasteiger partial charge on any atom is 0.267 e. The summed E-state index contributed by atoms with van der Waals surface area (Å²) >= 11 is 1.45. The second-order valence-electron chi connectivity index (χ2n) is 7.59. The molecule has 3 N–H and O–H groups in total. The molecule has 0 aliphatic rings. The van der Waals surface area contributed by atoms with Crippen molar-refractivity contribution in [1.82, 2.24) is 5.48 Å². The highest BCUT2D eigenvalue weighted by molar-refractivity contribution is 7.92. The third kappa shape index (κ3) is 5.03. The summed E-state index contributed by atoms with van der Waals surface area (Å²) in [7, 11) is -3.70. The van der Waals surface area contributed by atoms with Gasteiger partial charge in [0.15, 0.2) is 0 Å². The Bertz CT molecular complexity index is 1170. The maximum absolute atomic E-state index is 12.7. The molecule has 0 fully saturated rings. The topological polar surface area (TPSA) is 95.5 Å². The Hall–Kier alpha value is -2.68. The molecule has 0 atom stereocenters. The van der Waals surface area contributed by atoms with Crippen LogP contribution in [0.25, 0.3) is 16.2 Å². The van der Waals surface area contributed by atoms with Gasteiger partial charge in [0.25, 0.3) is 15.9 Å². The largest absolute Gasteiger partial charge is 0.288 e. The third-order valence-corrected chi connectivity index (χ3v) is 6.81. The number of thiophene rings is 1. The van der Waals surface area contributed by atoms with Gasteiger partial charge in [-0.25, -0.2) is 13.9 Å². The fourth-order valence-electron chi connectivity index (χ4n) is 2.75. The van der Waals surface area contributed by atoms with Crippen molar-refractivity contribution >= 4 is 49.1 Å². The van der Waals surface area contributed by atoms with Gasteiger partial charge in [0.05, 0.1) is 4.90 Å². The Balaban J connectivity index is 1.83. The number of benzene rings is 2. The lowest BCUT2D eigenvalue weighted by Crippen LogP contribution is -2.14. The van der Waals surface area contributed by atoms with E-state index in [-0.39, 0.29) is 10.3 Å². The molecule has 0 aliphatic carbocycles. The predicted molar refractivity (Wildman–Crippen MR) is 117 cm³/mol. The monoisotopic (exact) mass is 430 g/mol. The summed E-state index contributed by atoms with van der Waals surface area (Å²) in [6.45, 7) is 6.22. The van der Waals surface area contributed by atoms with Crippen LogP contribution in [0.15, 0.2) is 59.5 Å². The van der Waals surface area contributed by atoms with E-state index in [9.17, 15) is 13.2 Å². The molecule has 0 saturated carbocycles. The first-order chi connectivity index (χ1) is 13.6. The van der Waals surface area contributed by atoms with Gasteiger partial charge in [0.2, 0.25) is 0 Å². The van der Waals surface area contributed by atoms with Gasteiger partial charge in [-0.3, -0.25) is 14.7 Å². The van der Waals surface area contributed by atoms with Crippen LogP contribution in [0.4, 0.5) is 5.69 Å². The molecule has 3 aromatic rings. The van der Waals surface area contributed by atoms with Crippen LogP contribution in [0.1, 0.15) is 31.2 Å². The Morgan fingerprint density at radius 2 is 1.76 bits per heavy atom. The highest BCUT2D eigenvalue weighted by Gasteiger charge is 2.18. The van der Waals surface area contributed by atoms with Crippen LogP contribution in [-0.4, -0.2) is 19.5 Å². The van der Waals surface area contributed by atoms with E-state index in [2.05, 4.69) is 25.5 Å². The molecule has 0 spiro atoms. The van der Waals surface area contributed by atoms with Crippen molar-refractivity contribution in [2.24, 2.45) is 0 Å². The van der Waals surface area contributed by atoms with E-state index in [1.807, 2.05) is 24.3 Å². The van der Waals surface area contributed by atoms with Gasteiger partial charge < -0.3 is 0 Å². The first kappa shape index (κ1) is 21.0. The molecule has 0 radical (unpaired) electrons. The minimum atomic E-state index is -3.70. The van der Waals surface area contributed by atoms with Crippen molar-refractivity contribution in [1.29, 1.82) is 0 Å². The zero-order valence-electron chi connectivity index (χ0n) is 16.3. The highest BCUT2D eigenvalue weighted by Crippen LogP contribution is 2.30. The number of rotatable bonds is 5. The standard InChI is InChI=1S/C21H22N2O4S2/c1-21(2,3)15-4-8-18(9-5-15)29(26,27)23-16-6-10-19-14(12-16)13-17(28-19)7-11-20(24)22-25/h4-13,23,25H,1-3H3,(H,22,24). The van der Waals surface area contributed by atoms with Crippen molar-refractivity contribution in [2.45, 2.75) is 31.1 Å². The molecule has 0 bridgehead atoms. The van der Waals surface area contributed by atoms with Gasteiger partial charge in [-0.1, -0.05) is 32.9 Å². The molecule has 0 aliphatic heterocycles. The number of carbonyl (C=O) groups is 1. The average molecular weight is 431 g/mol. The zero-order valence-corrected chi connectivity index (χ0v) is 17.9. The van der Waals surface area contributed by atoms with Gasteiger partial charge in [-0.2, -0.15) is 0 Å². The van der Waals surface area contributed by atoms with Gasteiger partial charge >= 0.3 is 0 Å². The molecule has 6 nitrogen and oxygen atoms in total. The van der Waals surface area contributed by atoms with Crippen molar-refractivity contribution in [3.8, 4) is 0 Å². The van der Waals surface area contributed by atoms with Crippen LogP contribution in [0.5, 0.6) is 0 Å². The number of hydroxylamine groups is 1. The SMILES string of the molecule is CC(C)(C)c1ccc(S(=O)(=O)Nc2ccc3sc(C=CC(=O)NO)cc3c2)cc1. The highest BCUT2D eigenvalue weighted by atomic mass is 32.2. The Morgan fingerprint density at radius 1 is 1.07 bits per heavy atom. The van der Waals surface area contributed by atoms with E-state index < -0.39 is 15.9 Å². The predicted octanol–water partition coefficient (Wildman–Crippen LogP) is 4.52. The van der Waals surface area contributed by atoms with E-state index in [1.165, 1.54) is 22.9 Å². The molecule has 3 rings (SSSR count). The summed E-state index contributed by atoms with van der Waals surface area (Å²) in [6.07, 6.45) is 2.80. The molecule has 1 amide bonds. The molecule has 152 valence electrons. The van der Waals surface area contributed by atoms with Crippen LogP contribution in [0, 0.1) is 0 Å². The van der Waals surface area contributed by atoms with Crippen LogP contribution in [0.3, 0.4) is 0 Å². The van der Waals surface area contributed by atoms with Gasteiger partial charge in [-0.05, 0) is 58.8 Å². The summed E-state index contributed by atoms with van der Waals surface area (Å²) in [5, 5.41) is 9.38. The normalized spacial score (nSPS) is 12.4. The number of carbonyl (C=O) groups excluding carboxylic acids is 1. The van der Waals surface area contributed by atoms with Crippen LogP contribution in [-0.2, 0) is 20.2 Å². The molecule has 1 aromatic heterocycles. The molecule has 2 aromatic carbocycles. The first-order valence-electron chi connectivity index (χ1n) is 8.87. The lowest BCUT2D eigenvalue weighted by molar-refractivity contribution is -0.124. The maximum atomic E-state index is 12.7. The Kier molecular flexibility index (Phi) is 5.79. The molecule has 0 unspecified atom stereocenters. The Morgan fingerprint density at radius 3 is 2.38 bits per heavy atom. The first-order valence-corrected chi connectivity index (χ1v) is 11.2. The van der Waals surface area contributed by atoms with E-state index in [4.69, 9.17) is 5.21 Å². The van der Waals surface area contributed by atoms with Crippen LogP contribution < -0.4 is 10.2 Å². The molecular weight excluding hydrogens is 408 g/mol. The summed E-state index contributed by atoms with van der Waals surface area (Å²) in [5.74, 6) is -0.617. The van der Waals surface area contributed by atoms with E-state index in [1.54, 1.807) is 30.3 Å². The smallest absolute Gasteiger partial charge is 0.267 e. The number of sulfonamides is 1. The zero-order chi connectivity index (χ0) is 21.2. The number of anilines is 1. The van der Waals surface area contributed by atoms with Crippen LogP contribution >= 0.6 is 11.3 Å². The summed E-state index contributed by atoms with van der Waals surface area (Å²) in [5.41, 5.74) is 3.00. The number of hydrogen-bond donors (Lipinski definition) is 3. The fourth-order valence-corrected chi connectivity index (χ4v) is 4.75. The lowest BCUT2D eigenvalue weighted by Gasteiger charge is -2.19. The molecular formula is C21H22N2O4S2. The fraction of sp³-hybridized carbons (Fsp3) is 0.190. The summed E-state index contributed by atoms with van der Waals surface area (Å²) < 4.78 is 29.0. The quantitative estimate of drug-likeness (QED) is 0.315. The third-order valence-electron chi connectivity index (χ3n) is 4.33. The minimum Gasteiger partial charge on any atom is -0.288 e. The second kappa shape index (κ2) is 7.98. The van der Waals surface area contributed by atoms with Gasteiger partial charge in [0.1, 0.15) is 0 Å². The molecule has 29 heavy (non-hydrogen) atoms. The minimum absolute atomic E-state index is 0.0519. The average Bonchev–Trinajstić information content (AvgIpc) is 3.07. The molecule has 8 heteroatoms. The van der Waals surface area contributed by atoms with Gasteiger partial charge in [-0.15, -0.1) is 11.3 Å². The second-order valence-corrected chi connectivity index (χ2v) is 10.4. The molecule has 0 saturated heterocycles. The van der Waals surface area contributed by atoms with E-state index >= 15 is 0 Å². The summed E-state index contributed by atoms with van der Waals surface area (Å²) in [6, 6.07) is 14.0. The van der Waals surface area contributed by atoms with Crippen molar-refractivity contribution in [3.63, 3.8) is 0 Å². The van der Waals surface area contributed by atoms with E-state index in [0.717, 1.165) is 20.5 Å². The summed E-state index contributed by atoms with van der Waals surface area (Å²) in [4.78, 5) is 12.1. The number of amides is 1. The van der Waals surface area contributed by atoms with Crippen LogP contribution in [0.2, 0.25) is 0 Å². The van der Waals surface area contributed by atoms with Gasteiger partial charge in [0, 0.05) is 21.3 Å².